The van der Waals surface area contributed by atoms with Gasteiger partial charge in [-0.2, -0.15) is 0 Å². The third-order valence-electron chi connectivity index (χ3n) is 5.14. The van der Waals surface area contributed by atoms with E-state index < -0.39 is 9.76 Å². The van der Waals surface area contributed by atoms with Crippen LogP contribution in [0.1, 0.15) is 57.8 Å². The van der Waals surface area contributed by atoms with Gasteiger partial charge in [-0.25, -0.2) is 0 Å². The molecule has 100 valence electrons. The van der Waals surface area contributed by atoms with Crippen LogP contribution in [-0.4, -0.2) is 16.9 Å². The van der Waals surface area contributed by atoms with Gasteiger partial charge < -0.3 is 4.43 Å². The maximum Gasteiger partial charge on any atom is 0.188 e. The van der Waals surface area contributed by atoms with Crippen LogP contribution in [0, 0.1) is 11.8 Å². The molecule has 1 nitrogen and oxygen atoms in total. The monoisotopic (exact) mass is 262 g/mol. The number of allylic oxidation sites excluding steroid dienone is 4. The second-order valence-corrected chi connectivity index (χ2v) is 8.00. The Morgan fingerprint density at radius 2 is 1.61 bits per heavy atom. The third kappa shape index (κ3) is 2.37. The van der Waals surface area contributed by atoms with Crippen LogP contribution in [0.5, 0.6) is 0 Å². The second-order valence-electron chi connectivity index (χ2n) is 6.28. The molecule has 3 aliphatic rings. The van der Waals surface area contributed by atoms with E-state index in [4.69, 9.17) is 4.43 Å². The maximum absolute atomic E-state index is 5.57. The van der Waals surface area contributed by atoms with Gasteiger partial charge in [-0.1, -0.05) is 37.0 Å². The molecule has 0 aromatic carbocycles. The van der Waals surface area contributed by atoms with E-state index in [2.05, 4.69) is 6.08 Å². The molecule has 0 aromatic rings. The van der Waals surface area contributed by atoms with Gasteiger partial charge in [0.1, 0.15) is 0 Å². The second kappa shape index (κ2) is 5.75. The topological polar surface area (TPSA) is 9.23 Å². The number of rotatable bonds is 4. The van der Waals surface area contributed by atoms with Crippen LogP contribution in [0.2, 0.25) is 0 Å². The average molecular weight is 262 g/mol. The molecule has 0 N–H and O–H groups in total. The molecule has 2 saturated carbocycles. The van der Waals surface area contributed by atoms with Gasteiger partial charge in [-0.15, -0.1) is 0 Å². The highest BCUT2D eigenvalue weighted by molar-refractivity contribution is 6.38. The van der Waals surface area contributed by atoms with E-state index >= 15 is 0 Å². The molecule has 0 bridgehead atoms. The summed E-state index contributed by atoms with van der Waals surface area (Å²) in [6.07, 6.45) is 15.4. The van der Waals surface area contributed by atoms with E-state index in [-0.39, 0.29) is 0 Å². The lowest BCUT2D eigenvalue weighted by molar-refractivity contribution is 0.446. The van der Waals surface area contributed by atoms with Crippen LogP contribution < -0.4 is 0 Å². The summed E-state index contributed by atoms with van der Waals surface area (Å²) in [6, 6.07) is 0. The van der Waals surface area contributed by atoms with Gasteiger partial charge in [0, 0.05) is 7.11 Å². The van der Waals surface area contributed by atoms with Crippen molar-refractivity contribution in [1.29, 1.82) is 0 Å². The Morgan fingerprint density at radius 1 is 1.00 bits per heavy atom. The summed E-state index contributed by atoms with van der Waals surface area (Å²) in [6.45, 7) is 0. The highest BCUT2D eigenvalue weighted by Crippen LogP contribution is 2.46. The van der Waals surface area contributed by atoms with Crippen molar-refractivity contribution in [3.05, 3.63) is 22.4 Å². The van der Waals surface area contributed by atoms with E-state index in [1.54, 1.807) is 10.8 Å². The summed E-state index contributed by atoms with van der Waals surface area (Å²) in [4.78, 5) is 0. The summed E-state index contributed by atoms with van der Waals surface area (Å²) in [5, 5.41) is 1.74. The van der Waals surface area contributed by atoms with Crippen molar-refractivity contribution in [2.24, 2.45) is 11.8 Å². The fourth-order valence-electron chi connectivity index (χ4n) is 4.33. The van der Waals surface area contributed by atoms with Crippen molar-refractivity contribution < 1.29 is 4.43 Å². The van der Waals surface area contributed by atoms with Crippen LogP contribution >= 0.6 is 0 Å². The summed E-state index contributed by atoms with van der Waals surface area (Å²) < 4.78 is 5.57. The quantitative estimate of drug-likeness (QED) is 0.702. The molecule has 0 aromatic heterocycles. The van der Waals surface area contributed by atoms with E-state index in [0.29, 0.717) is 0 Å². The Kier molecular flexibility index (Phi) is 4.05. The lowest BCUT2D eigenvalue weighted by Gasteiger charge is -2.22. The van der Waals surface area contributed by atoms with Crippen molar-refractivity contribution >= 4 is 9.76 Å². The Labute approximate surface area is 114 Å². The van der Waals surface area contributed by atoms with Gasteiger partial charge in [-0.05, 0) is 55.1 Å². The van der Waals surface area contributed by atoms with E-state index in [1.807, 2.05) is 12.7 Å². The van der Waals surface area contributed by atoms with Crippen LogP contribution in [0.25, 0.3) is 0 Å². The smallest absolute Gasteiger partial charge is 0.188 e. The van der Waals surface area contributed by atoms with Gasteiger partial charge in [0.25, 0.3) is 0 Å². The molecule has 2 heteroatoms. The highest BCUT2D eigenvalue weighted by atomic mass is 28.2. The normalized spacial score (nSPS) is 27.1. The zero-order valence-corrected chi connectivity index (χ0v) is 13.1. The molecule has 2 fully saturated rings. The first kappa shape index (κ1) is 12.7. The summed E-state index contributed by atoms with van der Waals surface area (Å²) in [5.74, 6) is 1.81. The molecule has 0 amide bonds. The van der Waals surface area contributed by atoms with E-state index in [0.717, 1.165) is 11.8 Å². The first-order valence-electron chi connectivity index (χ1n) is 7.81. The number of hydrogen-bond acceptors (Lipinski definition) is 1. The van der Waals surface area contributed by atoms with Gasteiger partial charge in [0.15, 0.2) is 9.76 Å². The van der Waals surface area contributed by atoms with Gasteiger partial charge in [0.05, 0.1) is 0 Å². The van der Waals surface area contributed by atoms with Crippen molar-refractivity contribution in [2.45, 2.75) is 57.8 Å². The molecular formula is C16H26OSi. The minimum absolute atomic E-state index is 0.414. The van der Waals surface area contributed by atoms with Crippen LogP contribution in [0.4, 0.5) is 0 Å². The van der Waals surface area contributed by atoms with Crippen LogP contribution in [0.15, 0.2) is 22.4 Å². The predicted octanol–water partition coefficient (Wildman–Crippen LogP) is 3.68. The average Bonchev–Trinajstić information content (AvgIpc) is 3.10. The first-order valence-corrected chi connectivity index (χ1v) is 9.10. The Hall–Kier alpha value is -0.343. The third-order valence-corrected chi connectivity index (χ3v) is 6.44. The maximum atomic E-state index is 5.57. The fourth-order valence-corrected chi connectivity index (χ4v) is 5.59. The molecule has 0 aliphatic heterocycles. The lowest BCUT2D eigenvalue weighted by atomic mass is 9.85. The molecule has 0 radical (unpaired) electrons. The largest absolute Gasteiger partial charge is 0.422 e. The molecule has 0 saturated heterocycles. The minimum Gasteiger partial charge on any atom is -0.422 e. The molecule has 0 heterocycles. The van der Waals surface area contributed by atoms with Crippen molar-refractivity contribution in [2.75, 3.05) is 7.11 Å². The van der Waals surface area contributed by atoms with Crippen LogP contribution in [-0.2, 0) is 4.43 Å². The minimum atomic E-state index is -0.414. The van der Waals surface area contributed by atoms with E-state index in [1.165, 1.54) is 57.8 Å². The van der Waals surface area contributed by atoms with Crippen molar-refractivity contribution in [1.82, 2.24) is 0 Å². The molecule has 0 spiro atoms. The summed E-state index contributed by atoms with van der Waals surface area (Å²) in [7, 11) is 1.49. The zero-order chi connectivity index (χ0) is 12.4. The molecular weight excluding hydrogens is 236 g/mol. The predicted molar refractivity (Wildman–Crippen MR) is 79.2 cm³/mol. The standard InChI is InChI=1S/C16H26OSi/c1-17-18-15-11-10-14(12-6-2-3-7-12)16(15)13-8-4-5-9-13/h10,12-13H,2-9,11,18H2,1H3. The number of hydrogen-bond donors (Lipinski definition) is 0. The summed E-state index contributed by atoms with van der Waals surface area (Å²) in [5.41, 5.74) is 3.59. The lowest BCUT2D eigenvalue weighted by Crippen LogP contribution is -2.11. The molecule has 0 atom stereocenters. The van der Waals surface area contributed by atoms with Gasteiger partial charge in [-0.3, -0.25) is 0 Å². The molecule has 3 rings (SSSR count). The van der Waals surface area contributed by atoms with Crippen molar-refractivity contribution in [3.63, 3.8) is 0 Å². The van der Waals surface area contributed by atoms with E-state index in [9.17, 15) is 0 Å². The molecule has 18 heavy (non-hydrogen) atoms. The van der Waals surface area contributed by atoms with Gasteiger partial charge >= 0.3 is 0 Å². The Morgan fingerprint density at radius 3 is 2.22 bits per heavy atom. The van der Waals surface area contributed by atoms with Crippen LogP contribution in [0.3, 0.4) is 0 Å². The zero-order valence-electron chi connectivity index (χ0n) is 11.7. The molecule has 3 aliphatic carbocycles. The van der Waals surface area contributed by atoms with Gasteiger partial charge in [0.2, 0.25) is 0 Å². The fraction of sp³-hybridized carbons (Fsp3) is 0.750. The first-order chi connectivity index (χ1) is 8.90. The Balaban J connectivity index is 1.83. The SMILES string of the molecule is CO[SiH2]C1=C(C2CCCC2)C(C2CCCC2)=CC1. The molecule has 0 unspecified atom stereocenters. The van der Waals surface area contributed by atoms with Crippen molar-refractivity contribution in [3.8, 4) is 0 Å². The highest BCUT2D eigenvalue weighted by Gasteiger charge is 2.32. The summed E-state index contributed by atoms with van der Waals surface area (Å²) >= 11 is 0. The Bertz CT molecular complexity index is 357.